The van der Waals surface area contributed by atoms with Crippen LogP contribution in [0, 0.1) is 0 Å². The smallest absolute Gasteiger partial charge is 0.0599 e. The third kappa shape index (κ3) is 1.93. The standard InChI is InChI=1S/C10H21N3O/c11-3-5-13-6-9-2-1-4-12(9)7-10(13)8-14/h9-10,14H,1-8,11H2/t9-,10+/m1/s1. The maximum absolute atomic E-state index is 9.30. The molecule has 2 aliphatic heterocycles. The van der Waals surface area contributed by atoms with E-state index in [0.29, 0.717) is 12.6 Å². The molecule has 3 N–H and O–H groups in total. The first-order valence-electron chi connectivity index (χ1n) is 5.64. The number of piperazine rings is 1. The third-order valence-corrected chi connectivity index (χ3v) is 3.53. The molecular weight excluding hydrogens is 178 g/mol. The van der Waals surface area contributed by atoms with Crippen molar-refractivity contribution in [2.24, 2.45) is 5.73 Å². The van der Waals surface area contributed by atoms with Gasteiger partial charge in [-0.3, -0.25) is 9.80 Å². The lowest BCUT2D eigenvalue weighted by Crippen LogP contribution is -2.58. The van der Waals surface area contributed by atoms with Gasteiger partial charge in [-0.1, -0.05) is 0 Å². The minimum Gasteiger partial charge on any atom is -0.395 e. The predicted octanol–water partition coefficient (Wildman–Crippen LogP) is -0.914. The van der Waals surface area contributed by atoms with E-state index in [2.05, 4.69) is 9.80 Å². The zero-order valence-electron chi connectivity index (χ0n) is 8.73. The van der Waals surface area contributed by atoms with Crippen LogP contribution in [0.3, 0.4) is 0 Å². The average Bonchev–Trinajstić information content (AvgIpc) is 2.64. The second-order valence-corrected chi connectivity index (χ2v) is 4.41. The van der Waals surface area contributed by atoms with E-state index in [9.17, 15) is 5.11 Å². The highest BCUT2D eigenvalue weighted by molar-refractivity contribution is 4.91. The molecule has 2 saturated heterocycles. The first kappa shape index (κ1) is 10.4. The Kier molecular flexibility index (Phi) is 3.38. The van der Waals surface area contributed by atoms with Gasteiger partial charge in [0.2, 0.25) is 0 Å². The summed E-state index contributed by atoms with van der Waals surface area (Å²) in [7, 11) is 0. The van der Waals surface area contributed by atoms with Crippen LogP contribution in [0.25, 0.3) is 0 Å². The van der Waals surface area contributed by atoms with Gasteiger partial charge in [0.05, 0.1) is 6.61 Å². The Morgan fingerprint density at radius 2 is 2.21 bits per heavy atom. The summed E-state index contributed by atoms with van der Waals surface area (Å²) in [6.07, 6.45) is 2.64. The molecule has 82 valence electrons. The van der Waals surface area contributed by atoms with E-state index < -0.39 is 0 Å². The van der Waals surface area contributed by atoms with Gasteiger partial charge in [-0.25, -0.2) is 0 Å². The van der Waals surface area contributed by atoms with Crippen LogP contribution in [0.1, 0.15) is 12.8 Å². The number of aliphatic hydroxyl groups is 1. The van der Waals surface area contributed by atoms with Crippen LogP contribution < -0.4 is 5.73 Å². The van der Waals surface area contributed by atoms with Crippen molar-refractivity contribution in [1.29, 1.82) is 0 Å². The second-order valence-electron chi connectivity index (χ2n) is 4.41. The second kappa shape index (κ2) is 4.57. The minimum atomic E-state index is 0.267. The van der Waals surface area contributed by atoms with Crippen molar-refractivity contribution in [1.82, 2.24) is 9.80 Å². The van der Waals surface area contributed by atoms with E-state index in [0.717, 1.165) is 25.7 Å². The molecule has 14 heavy (non-hydrogen) atoms. The SMILES string of the molecule is NCCN1C[C@H]2CCCN2C[C@H]1CO. The molecule has 0 aromatic carbocycles. The summed E-state index contributed by atoms with van der Waals surface area (Å²) in [6.45, 7) is 5.24. The van der Waals surface area contributed by atoms with Crippen molar-refractivity contribution in [3.8, 4) is 0 Å². The largest absolute Gasteiger partial charge is 0.395 e. The van der Waals surface area contributed by atoms with Gasteiger partial charge < -0.3 is 10.8 Å². The van der Waals surface area contributed by atoms with E-state index in [-0.39, 0.29) is 6.61 Å². The van der Waals surface area contributed by atoms with Gasteiger partial charge in [0.1, 0.15) is 0 Å². The molecule has 0 unspecified atom stereocenters. The predicted molar refractivity (Wildman–Crippen MR) is 56.1 cm³/mol. The van der Waals surface area contributed by atoms with E-state index in [4.69, 9.17) is 5.73 Å². The molecule has 0 bridgehead atoms. The molecule has 2 aliphatic rings. The van der Waals surface area contributed by atoms with Gasteiger partial charge >= 0.3 is 0 Å². The zero-order chi connectivity index (χ0) is 9.97. The Bertz CT molecular complexity index is 188. The quantitative estimate of drug-likeness (QED) is 0.617. The molecule has 2 atom stereocenters. The van der Waals surface area contributed by atoms with Gasteiger partial charge in [0.15, 0.2) is 0 Å². The molecule has 0 aromatic heterocycles. The van der Waals surface area contributed by atoms with E-state index in [1.165, 1.54) is 19.4 Å². The Hall–Kier alpha value is -0.160. The molecule has 2 fully saturated rings. The number of nitrogens with zero attached hydrogens (tertiary/aromatic N) is 2. The maximum atomic E-state index is 9.30. The number of nitrogens with two attached hydrogens (primary N) is 1. The number of hydrogen-bond donors (Lipinski definition) is 2. The van der Waals surface area contributed by atoms with Gasteiger partial charge in [-0.15, -0.1) is 0 Å². The lowest BCUT2D eigenvalue weighted by molar-refractivity contribution is 0.0240. The Morgan fingerprint density at radius 3 is 2.93 bits per heavy atom. The first-order chi connectivity index (χ1) is 6.85. The van der Waals surface area contributed by atoms with Crippen LogP contribution in [-0.2, 0) is 0 Å². The van der Waals surface area contributed by atoms with Crippen LogP contribution in [0.4, 0.5) is 0 Å². The van der Waals surface area contributed by atoms with Gasteiger partial charge in [-0.2, -0.15) is 0 Å². The van der Waals surface area contributed by atoms with Crippen LogP contribution in [0.5, 0.6) is 0 Å². The van der Waals surface area contributed by atoms with Gasteiger partial charge in [-0.05, 0) is 19.4 Å². The molecule has 4 heteroatoms. The first-order valence-corrected chi connectivity index (χ1v) is 5.64. The molecule has 4 nitrogen and oxygen atoms in total. The average molecular weight is 199 g/mol. The van der Waals surface area contributed by atoms with Crippen LogP contribution in [0.15, 0.2) is 0 Å². The molecular formula is C10H21N3O. The fourth-order valence-corrected chi connectivity index (χ4v) is 2.76. The lowest BCUT2D eigenvalue weighted by atomic mass is 10.1. The fraction of sp³-hybridized carbons (Fsp3) is 1.00. The summed E-state index contributed by atoms with van der Waals surface area (Å²) in [6, 6.07) is 1.04. The van der Waals surface area contributed by atoms with Gasteiger partial charge in [0, 0.05) is 38.3 Å². The summed E-state index contributed by atoms with van der Waals surface area (Å²) in [5.41, 5.74) is 5.58. The topological polar surface area (TPSA) is 52.7 Å². The minimum absolute atomic E-state index is 0.267. The number of hydrogen-bond acceptors (Lipinski definition) is 4. The van der Waals surface area contributed by atoms with Crippen molar-refractivity contribution >= 4 is 0 Å². The Labute approximate surface area is 85.7 Å². The van der Waals surface area contributed by atoms with Crippen molar-refractivity contribution < 1.29 is 5.11 Å². The number of aliphatic hydroxyl groups excluding tert-OH is 1. The summed E-state index contributed by atoms with van der Waals surface area (Å²) in [4.78, 5) is 4.88. The summed E-state index contributed by atoms with van der Waals surface area (Å²) < 4.78 is 0. The highest BCUT2D eigenvalue weighted by Gasteiger charge is 2.35. The summed E-state index contributed by atoms with van der Waals surface area (Å²) in [5.74, 6) is 0. The normalized spacial score (nSPS) is 34.7. The van der Waals surface area contributed by atoms with E-state index >= 15 is 0 Å². The maximum Gasteiger partial charge on any atom is 0.0599 e. The molecule has 0 radical (unpaired) electrons. The van der Waals surface area contributed by atoms with Crippen molar-refractivity contribution in [3.63, 3.8) is 0 Å². The molecule has 0 amide bonds. The highest BCUT2D eigenvalue weighted by Crippen LogP contribution is 2.24. The van der Waals surface area contributed by atoms with E-state index in [1.807, 2.05) is 0 Å². The van der Waals surface area contributed by atoms with Crippen LogP contribution in [0.2, 0.25) is 0 Å². The summed E-state index contributed by atoms with van der Waals surface area (Å²) in [5, 5.41) is 9.30. The molecule has 2 heterocycles. The molecule has 0 aliphatic carbocycles. The van der Waals surface area contributed by atoms with Crippen LogP contribution in [-0.4, -0.2) is 66.3 Å². The third-order valence-electron chi connectivity index (χ3n) is 3.53. The van der Waals surface area contributed by atoms with Gasteiger partial charge in [0.25, 0.3) is 0 Å². The van der Waals surface area contributed by atoms with Crippen LogP contribution >= 0.6 is 0 Å². The number of rotatable bonds is 3. The molecule has 0 aromatic rings. The monoisotopic (exact) mass is 199 g/mol. The molecule has 0 spiro atoms. The highest BCUT2D eigenvalue weighted by atomic mass is 16.3. The van der Waals surface area contributed by atoms with Crippen molar-refractivity contribution in [2.45, 2.75) is 24.9 Å². The fourth-order valence-electron chi connectivity index (χ4n) is 2.76. The summed E-state index contributed by atoms with van der Waals surface area (Å²) >= 11 is 0. The lowest BCUT2D eigenvalue weighted by Gasteiger charge is -2.42. The van der Waals surface area contributed by atoms with E-state index in [1.54, 1.807) is 0 Å². The zero-order valence-corrected chi connectivity index (χ0v) is 8.73. The number of fused-ring (bicyclic) bond motifs is 1. The van der Waals surface area contributed by atoms with Crippen molar-refractivity contribution in [2.75, 3.05) is 39.3 Å². The molecule has 2 rings (SSSR count). The molecule has 0 saturated carbocycles. The Balaban J connectivity index is 1.95. The van der Waals surface area contributed by atoms with Crippen molar-refractivity contribution in [3.05, 3.63) is 0 Å². The Morgan fingerprint density at radius 1 is 1.36 bits per heavy atom.